The molecular formula is C27H27N3O3. The fourth-order valence-corrected chi connectivity index (χ4v) is 4.47. The number of pyridine rings is 1. The van der Waals surface area contributed by atoms with Gasteiger partial charge in [-0.3, -0.25) is 4.79 Å². The third kappa shape index (κ3) is 4.55. The summed E-state index contributed by atoms with van der Waals surface area (Å²) in [5.41, 5.74) is 4.82. The van der Waals surface area contributed by atoms with Crippen LogP contribution < -0.4 is 4.74 Å². The second-order valence-corrected chi connectivity index (χ2v) is 8.63. The van der Waals surface area contributed by atoms with Gasteiger partial charge in [0.15, 0.2) is 0 Å². The van der Waals surface area contributed by atoms with Crippen LogP contribution in [-0.2, 0) is 6.61 Å². The zero-order valence-corrected chi connectivity index (χ0v) is 18.6. The smallest absolute Gasteiger partial charge is 0.253 e. The van der Waals surface area contributed by atoms with Crippen LogP contribution in [0.5, 0.6) is 11.5 Å². The number of benzene rings is 2. The number of carbonyl (C=O) groups excluding carboxylic acids is 1. The Morgan fingerprint density at radius 2 is 1.79 bits per heavy atom. The first-order valence-electron chi connectivity index (χ1n) is 11.3. The number of amides is 1. The van der Waals surface area contributed by atoms with E-state index >= 15 is 0 Å². The van der Waals surface area contributed by atoms with Crippen LogP contribution in [0.15, 0.2) is 73.1 Å². The third-order valence-electron chi connectivity index (χ3n) is 6.36. The zero-order valence-electron chi connectivity index (χ0n) is 18.6. The molecular weight excluding hydrogens is 414 g/mol. The molecule has 2 aromatic carbocycles. The summed E-state index contributed by atoms with van der Waals surface area (Å²) in [4.78, 5) is 19.5. The molecule has 6 heteroatoms. The standard InChI is InChI=1S/C27H27N3O3/c1-19-3-2-14-30-17-23(28-26(19)30)18-33-25-10-6-22(7-11-25)27(32)29-15-12-21(13-16-29)20-4-8-24(31)9-5-20/h2-11,14,17,21,31H,12-13,15-16,18H2,1H3. The van der Waals surface area contributed by atoms with Gasteiger partial charge in [-0.25, -0.2) is 4.98 Å². The van der Waals surface area contributed by atoms with E-state index in [0.717, 1.165) is 42.8 Å². The summed E-state index contributed by atoms with van der Waals surface area (Å²) in [7, 11) is 0. The van der Waals surface area contributed by atoms with Crippen molar-refractivity contribution in [3.05, 3.63) is 95.4 Å². The minimum atomic E-state index is 0.0570. The molecule has 33 heavy (non-hydrogen) atoms. The number of phenolic OH excluding ortho intramolecular Hbond substituents is 1. The number of nitrogens with zero attached hydrogens (tertiary/aromatic N) is 3. The maximum absolute atomic E-state index is 12.9. The number of aryl methyl sites for hydroxylation is 1. The maximum atomic E-state index is 12.9. The van der Waals surface area contributed by atoms with Gasteiger partial charge in [0.1, 0.15) is 23.8 Å². The summed E-state index contributed by atoms with van der Waals surface area (Å²) < 4.78 is 7.90. The van der Waals surface area contributed by atoms with Crippen LogP contribution in [0.3, 0.4) is 0 Å². The molecule has 1 aliphatic rings. The van der Waals surface area contributed by atoms with E-state index in [2.05, 4.69) is 4.98 Å². The molecule has 0 radical (unpaired) electrons. The van der Waals surface area contributed by atoms with E-state index in [0.29, 0.717) is 23.8 Å². The van der Waals surface area contributed by atoms with Gasteiger partial charge in [-0.2, -0.15) is 0 Å². The monoisotopic (exact) mass is 441 g/mol. The second kappa shape index (κ2) is 8.98. The summed E-state index contributed by atoms with van der Waals surface area (Å²) in [6.07, 6.45) is 5.81. The van der Waals surface area contributed by atoms with Gasteiger partial charge in [0.25, 0.3) is 5.91 Å². The molecule has 0 spiro atoms. The molecule has 0 bridgehead atoms. The predicted molar refractivity (Wildman–Crippen MR) is 127 cm³/mol. The van der Waals surface area contributed by atoms with E-state index in [4.69, 9.17) is 4.74 Å². The lowest BCUT2D eigenvalue weighted by atomic mass is 9.89. The summed E-state index contributed by atoms with van der Waals surface area (Å²) >= 11 is 0. The normalized spacial score (nSPS) is 14.5. The molecule has 4 aromatic rings. The molecule has 168 valence electrons. The molecule has 0 aliphatic carbocycles. The molecule has 1 aliphatic heterocycles. The minimum Gasteiger partial charge on any atom is -0.508 e. The quantitative estimate of drug-likeness (QED) is 0.476. The Morgan fingerprint density at radius 3 is 2.48 bits per heavy atom. The number of ether oxygens (including phenoxy) is 1. The van der Waals surface area contributed by atoms with Crippen LogP contribution in [-0.4, -0.2) is 38.4 Å². The summed E-state index contributed by atoms with van der Waals surface area (Å²) in [6, 6.07) is 18.8. The molecule has 1 amide bonds. The van der Waals surface area contributed by atoms with Crippen molar-refractivity contribution in [2.24, 2.45) is 0 Å². The Labute approximate surface area is 193 Å². The molecule has 0 saturated carbocycles. The van der Waals surface area contributed by atoms with Crippen molar-refractivity contribution in [3.63, 3.8) is 0 Å². The number of rotatable bonds is 5. The third-order valence-corrected chi connectivity index (χ3v) is 6.36. The largest absolute Gasteiger partial charge is 0.508 e. The fraction of sp³-hybridized carbons (Fsp3) is 0.259. The lowest BCUT2D eigenvalue weighted by Crippen LogP contribution is -2.37. The predicted octanol–water partition coefficient (Wildman–Crippen LogP) is 4.95. The molecule has 6 nitrogen and oxygen atoms in total. The SMILES string of the molecule is Cc1cccn2cc(COc3ccc(C(=O)N4CCC(c5ccc(O)cc5)CC4)cc3)nc12. The Morgan fingerprint density at radius 1 is 1.06 bits per heavy atom. The summed E-state index contributed by atoms with van der Waals surface area (Å²) in [6.45, 7) is 3.88. The van der Waals surface area contributed by atoms with Crippen molar-refractivity contribution in [2.45, 2.75) is 32.3 Å². The van der Waals surface area contributed by atoms with E-state index in [-0.39, 0.29) is 11.7 Å². The van der Waals surface area contributed by atoms with Crippen LogP contribution in [0.2, 0.25) is 0 Å². The number of hydrogen-bond acceptors (Lipinski definition) is 4. The van der Waals surface area contributed by atoms with Crippen LogP contribution in [0, 0.1) is 6.92 Å². The van der Waals surface area contributed by atoms with E-state index < -0.39 is 0 Å². The number of aromatic nitrogens is 2. The van der Waals surface area contributed by atoms with Gasteiger partial charge in [-0.15, -0.1) is 0 Å². The van der Waals surface area contributed by atoms with Crippen molar-refractivity contribution in [1.29, 1.82) is 0 Å². The van der Waals surface area contributed by atoms with Crippen LogP contribution in [0.1, 0.15) is 45.9 Å². The number of fused-ring (bicyclic) bond motifs is 1. The highest BCUT2D eigenvalue weighted by molar-refractivity contribution is 5.94. The van der Waals surface area contributed by atoms with Crippen LogP contribution in [0.25, 0.3) is 5.65 Å². The van der Waals surface area contributed by atoms with Crippen molar-refractivity contribution in [1.82, 2.24) is 14.3 Å². The highest BCUT2D eigenvalue weighted by Crippen LogP contribution is 2.29. The molecule has 2 aromatic heterocycles. The number of likely N-dealkylation sites (tertiary alicyclic amines) is 1. The number of aromatic hydroxyl groups is 1. The van der Waals surface area contributed by atoms with Gasteiger partial charge >= 0.3 is 0 Å². The molecule has 1 fully saturated rings. The molecule has 3 heterocycles. The number of phenols is 1. The first-order valence-corrected chi connectivity index (χ1v) is 11.3. The molecule has 0 atom stereocenters. The maximum Gasteiger partial charge on any atom is 0.253 e. The Bertz CT molecular complexity index is 1250. The van der Waals surface area contributed by atoms with E-state index in [1.54, 1.807) is 12.1 Å². The average Bonchev–Trinajstić information content (AvgIpc) is 3.28. The van der Waals surface area contributed by atoms with Gasteiger partial charge < -0.3 is 19.1 Å². The van der Waals surface area contributed by atoms with Gasteiger partial charge in [0.2, 0.25) is 0 Å². The lowest BCUT2D eigenvalue weighted by Gasteiger charge is -2.32. The van der Waals surface area contributed by atoms with Gasteiger partial charge in [0, 0.05) is 31.0 Å². The van der Waals surface area contributed by atoms with Gasteiger partial charge in [-0.05, 0) is 79.3 Å². The number of piperidine rings is 1. The number of carbonyl (C=O) groups is 1. The minimum absolute atomic E-state index is 0.0570. The highest BCUT2D eigenvalue weighted by atomic mass is 16.5. The average molecular weight is 442 g/mol. The van der Waals surface area contributed by atoms with Gasteiger partial charge in [0.05, 0.1) is 5.69 Å². The number of hydrogen-bond donors (Lipinski definition) is 1. The van der Waals surface area contributed by atoms with Crippen LogP contribution in [0.4, 0.5) is 0 Å². The fourth-order valence-electron chi connectivity index (χ4n) is 4.47. The van der Waals surface area contributed by atoms with E-state index in [1.807, 2.05) is 77.1 Å². The molecule has 1 N–H and O–H groups in total. The van der Waals surface area contributed by atoms with E-state index in [9.17, 15) is 9.90 Å². The highest BCUT2D eigenvalue weighted by Gasteiger charge is 2.24. The van der Waals surface area contributed by atoms with Crippen molar-refractivity contribution in [2.75, 3.05) is 13.1 Å². The molecule has 5 rings (SSSR count). The topological polar surface area (TPSA) is 67.1 Å². The van der Waals surface area contributed by atoms with Crippen molar-refractivity contribution < 1.29 is 14.6 Å². The van der Waals surface area contributed by atoms with E-state index in [1.165, 1.54) is 5.56 Å². The second-order valence-electron chi connectivity index (χ2n) is 8.63. The van der Waals surface area contributed by atoms with Crippen LogP contribution >= 0.6 is 0 Å². The summed E-state index contributed by atoms with van der Waals surface area (Å²) in [5.74, 6) is 1.48. The van der Waals surface area contributed by atoms with Crippen molar-refractivity contribution >= 4 is 11.6 Å². The Balaban J connectivity index is 1.16. The molecule has 0 unspecified atom stereocenters. The Kier molecular flexibility index (Phi) is 5.73. The van der Waals surface area contributed by atoms with Crippen molar-refractivity contribution in [3.8, 4) is 11.5 Å². The first kappa shape index (κ1) is 21.1. The lowest BCUT2D eigenvalue weighted by molar-refractivity contribution is 0.0713. The first-order chi connectivity index (χ1) is 16.1. The Hall–Kier alpha value is -3.80. The summed E-state index contributed by atoms with van der Waals surface area (Å²) in [5, 5.41) is 9.48. The molecule has 1 saturated heterocycles. The number of imidazole rings is 1. The van der Waals surface area contributed by atoms with Gasteiger partial charge in [-0.1, -0.05) is 18.2 Å². The zero-order chi connectivity index (χ0) is 22.8.